The Hall–Kier alpha value is -2.77. The SMILES string of the molecule is COc1cc(CN)ccc1Oc1ccc(C(=O)N2CCC(CO)C2)cc1OC. The molecule has 28 heavy (non-hydrogen) atoms. The molecule has 1 atom stereocenters. The number of carbonyl (C=O) groups excluding carboxylic acids is 1. The summed E-state index contributed by atoms with van der Waals surface area (Å²) in [5, 5.41) is 9.28. The predicted molar refractivity (Wildman–Crippen MR) is 105 cm³/mol. The maximum Gasteiger partial charge on any atom is 0.254 e. The Morgan fingerprint density at radius 1 is 1.11 bits per heavy atom. The molecule has 0 saturated carbocycles. The zero-order valence-electron chi connectivity index (χ0n) is 16.2. The summed E-state index contributed by atoms with van der Waals surface area (Å²) in [6, 6.07) is 10.6. The molecular formula is C21H26N2O5. The Morgan fingerprint density at radius 2 is 1.79 bits per heavy atom. The lowest BCUT2D eigenvalue weighted by Crippen LogP contribution is -2.29. The van der Waals surface area contributed by atoms with Crippen molar-refractivity contribution < 1.29 is 24.1 Å². The Morgan fingerprint density at radius 3 is 2.39 bits per heavy atom. The van der Waals surface area contributed by atoms with E-state index < -0.39 is 0 Å². The minimum Gasteiger partial charge on any atom is -0.493 e. The summed E-state index contributed by atoms with van der Waals surface area (Å²) in [5.74, 6) is 2.10. The molecule has 1 saturated heterocycles. The quantitative estimate of drug-likeness (QED) is 0.759. The fourth-order valence-electron chi connectivity index (χ4n) is 3.28. The number of nitrogens with two attached hydrogens (primary N) is 1. The molecule has 0 aromatic heterocycles. The van der Waals surface area contributed by atoms with Crippen molar-refractivity contribution in [2.24, 2.45) is 11.7 Å². The molecule has 2 aromatic carbocycles. The third-order valence-electron chi connectivity index (χ3n) is 4.93. The molecule has 1 unspecified atom stereocenters. The van der Waals surface area contributed by atoms with E-state index in [9.17, 15) is 9.90 Å². The molecule has 7 heteroatoms. The van der Waals surface area contributed by atoms with Crippen molar-refractivity contribution in [2.75, 3.05) is 33.9 Å². The summed E-state index contributed by atoms with van der Waals surface area (Å²) in [5.41, 5.74) is 7.13. The second kappa shape index (κ2) is 8.95. The monoisotopic (exact) mass is 386 g/mol. The number of benzene rings is 2. The lowest BCUT2D eigenvalue weighted by atomic mass is 10.1. The molecule has 0 bridgehead atoms. The average molecular weight is 386 g/mol. The fourth-order valence-corrected chi connectivity index (χ4v) is 3.28. The number of ether oxygens (including phenoxy) is 3. The largest absolute Gasteiger partial charge is 0.493 e. The van der Waals surface area contributed by atoms with E-state index in [1.165, 1.54) is 7.11 Å². The molecule has 0 spiro atoms. The molecule has 0 radical (unpaired) electrons. The highest BCUT2D eigenvalue weighted by atomic mass is 16.5. The zero-order valence-corrected chi connectivity index (χ0v) is 16.2. The number of hydrogen-bond donors (Lipinski definition) is 2. The second-order valence-corrected chi connectivity index (χ2v) is 6.75. The summed E-state index contributed by atoms with van der Waals surface area (Å²) >= 11 is 0. The molecule has 1 aliphatic rings. The van der Waals surface area contributed by atoms with Gasteiger partial charge in [-0.05, 0) is 42.3 Å². The highest BCUT2D eigenvalue weighted by Gasteiger charge is 2.27. The van der Waals surface area contributed by atoms with Crippen LogP contribution in [0.2, 0.25) is 0 Å². The topological polar surface area (TPSA) is 94.3 Å². The Kier molecular flexibility index (Phi) is 6.38. The van der Waals surface area contributed by atoms with Crippen LogP contribution in [0.15, 0.2) is 36.4 Å². The van der Waals surface area contributed by atoms with E-state index in [1.807, 2.05) is 12.1 Å². The van der Waals surface area contributed by atoms with Crippen LogP contribution in [0.5, 0.6) is 23.0 Å². The lowest BCUT2D eigenvalue weighted by Gasteiger charge is -2.18. The number of nitrogens with zero attached hydrogens (tertiary/aromatic N) is 1. The minimum absolute atomic E-state index is 0.0781. The standard InChI is InChI=1S/C21H26N2O5/c1-26-19-9-14(11-22)3-5-17(19)28-18-6-4-16(10-20(18)27-2)21(25)23-8-7-15(12-23)13-24/h3-6,9-10,15,24H,7-8,11-13,22H2,1-2H3. The summed E-state index contributed by atoms with van der Waals surface area (Å²) in [6.45, 7) is 1.73. The molecule has 3 N–H and O–H groups in total. The lowest BCUT2D eigenvalue weighted by molar-refractivity contribution is 0.0781. The van der Waals surface area contributed by atoms with Crippen LogP contribution in [0, 0.1) is 5.92 Å². The highest BCUT2D eigenvalue weighted by Crippen LogP contribution is 2.37. The van der Waals surface area contributed by atoms with Gasteiger partial charge in [0.2, 0.25) is 0 Å². The first kappa shape index (κ1) is 20.0. The first-order valence-corrected chi connectivity index (χ1v) is 9.22. The molecule has 0 aliphatic carbocycles. The smallest absolute Gasteiger partial charge is 0.254 e. The van der Waals surface area contributed by atoms with Gasteiger partial charge in [-0.25, -0.2) is 0 Å². The molecule has 1 aliphatic heterocycles. The van der Waals surface area contributed by atoms with E-state index in [2.05, 4.69) is 0 Å². The van der Waals surface area contributed by atoms with E-state index in [4.69, 9.17) is 19.9 Å². The molecule has 1 fully saturated rings. The Balaban J connectivity index is 1.81. The van der Waals surface area contributed by atoms with Crippen molar-refractivity contribution in [3.05, 3.63) is 47.5 Å². The van der Waals surface area contributed by atoms with Crippen molar-refractivity contribution >= 4 is 5.91 Å². The Labute approximate surface area is 164 Å². The molecule has 7 nitrogen and oxygen atoms in total. The number of rotatable bonds is 7. The third-order valence-corrected chi connectivity index (χ3v) is 4.93. The molecule has 1 amide bonds. The summed E-state index contributed by atoms with van der Waals surface area (Å²) in [4.78, 5) is 14.5. The van der Waals surface area contributed by atoms with Crippen molar-refractivity contribution in [2.45, 2.75) is 13.0 Å². The van der Waals surface area contributed by atoms with Crippen LogP contribution in [0.3, 0.4) is 0 Å². The minimum atomic E-state index is -0.0781. The second-order valence-electron chi connectivity index (χ2n) is 6.75. The highest BCUT2D eigenvalue weighted by molar-refractivity contribution is 5.95. The van der Waals surface area contributed by atoms with Crippen LogP contribution in [0.1, 0.15) is 22.3 Å². The van der Waals surface area contributed by atoms with Crippen LogP contribution >= 0.6 is 0 Å². The number of carbonyl (C=O) groups is 1. The maximum absolute atomic E-state index is 12.7. The normalized spacial score (nSPS) is 16.1. The maximum atomic E-state index is 12.7. The van der Waals surface area contributed by atoms with Gasteiger partial charge in [0.05, 0.1) is 14.2 Å². The number of aliphatic hydroxyl groups excluding tert-OH is 1. The Bertz CT molecular complexity index is 840. The van der Waals surface area contributed by atoms with E-state index in [-0.39, 0.29) is 18.4 Å². The molecule has 2 aromatic rings. The van der Waals surface area contributed by atoms with Gasteiger partial charge in [-0.2, -0.15) is 0 Å². The van der Waals surface area contributed by atoms with Gasteiger partial charge in [0.15, 0.2) is 23.0 Å². The van der Waals surface area contributed by atoms with Crippen LogP contribution in [-0.4, -0.2) is 49.8 Å². The number of hydrogen-bond acceptors (Lipinski definition) is 6. The predicted octanol–water partition coefficient (Wildman–Crippen LogP) is 2.41. The van der Waals surface area contributed by atoms with Crippen LogP contribution in [0.4, 0.5) is 0 Å². The number of methoxy groups -OCH3 is 2. The molecule has 3 rings (SSSR count). The van der Waals surface area contributed by atoms with Gasteiger partial charge in [0.25, 0.3) is 5.91 Å². The van der Waals surface area contributed by atoms with Crippen molar-refractivity contribution in [3.63, 3.8) is 0 Å². The van der Waals surface area contributed by atoms with Crippen molar-refractivity contribution in [1.29, 1.82) is 0 Å². The first-order valence-electron chi connectivity index (χ1n) is 9.22. The number of likely N-dealkylation sites (tertiary alicyclic amines) is 1. The van der Waals surface area contributed by atoms with Crippen molar-refractivity contribution in [3.8, 4) is 23.0 Å². The third kappa shape index (κ3) is 4.21. The fraction of sp³-hybridized carbons (Fsp3) is 0.381. The van der Waals surface area contributed by atoms with Crippen LogP contribution in [-0.2, 0) is 6.54 Å². The summed E-state index contributed by atoms with van der Waals surface area (Å²) < 4.78 is 16.8. The van der Waals surface area contributed by atoms with Crippen LogP contribution < -0.4 is 19.9 Å². The van der Waals surface area contributed by atoms with E-state index in [0.717, 1.165) is 12.0 Å². The van der Waals surface area contributed by atoms with Crippen molar-refractivity contribution in [1.82, 2.24) is 4.90 Å². The van der Waals surface area contributed by atoms with E-state index in [0.29, 0.717) is 48.2 Å². The van der Waals surface area contributed by atoms with E-state index in [1.54, 1.807) is 36.3 Å². The molecule has 150 valence electrons. The van der Waals surface area contributed by atoms with Gasteiger partial charge in [0.1, 0.15) is 0 Å². The molecular weight excluding hydrogens is 360 g/mol. The number of amides is 1. The van der Waals surface area contributed by atoms with Gasteiger partial charge in [-0.15, -0.1) is 0 Å². The molecule has 1 heterocycles. The summed E-state index contributed by atoms with van der Waals surface area (Å²) in [6.07, 6.45) is 0.819. The van der Waals surface area contributed by atoms with E-state index >= 15 is 0 Å². The van der Waals surface area contributed by atoms with Gasteiger partial charge < -0.3 is 30.0 Å². The average Bonchev–Trinajstić information content (AvgIpc) is 3.23. The zero-order chi connectivity index (χ0) is 20.1. The van der Waals surface area contributed by atoms with Gasteiger partial charge >= 0.3 is 0 Å². The number of aliphatic hydroxyl groups is 1. The van der Waals surface area contributed by atoms with Gasteiger partial charge in [-0.3, -0.25) is 4.79 Å². The summed E-state index contributed by atoms with van der Waals surface area (Å²) in [7, 11) is 3.10. The van der Waals surface area contributed by atoms with Crippen LogP contribution in [0.25, 0.3) is 0 Å². The van der Waals surface area contributed by atoms with Gasteiger partial charge in [0, 0.05) is 37.7 Å². The van der Waals surface area contributed by atoms with Gasteiger partial charge in [-0.1, -0.05) is 6.07 Å². The first-order chi connectivity index (χ1) is 13.6.